The zero-order valence-electron chi connectivity index (χ0n) is 12.4. The van der Waals surface area contributed by atoms with Crippen LogP contribution in [0.3, 0.4) is 0 Å². The van der Waals surface area contributed by atoms with Crippen LogP contribution in [0, 0.1) is 0 Å². The summed E-state index contributed by atoms with van der Waals surface area (Å²) in [5.74, 6) is 0.404. The van der Waals surface area contributed by atoms with Crippen LogP contribution in [-0.2, 0) is 16.4 Å². The number of halogens is 2. The summed E-state index contributed by atoms with van der Waals surface area (Å²) in [7, 11) is -3.48. The van der Waals surface area contributed by atoms with E-state index >= 15 is 0 Å². The highest BCUT2D eigenvalue weighted by Crippen LogP contribution is 2.10. The number of guanidine groups is 1. The Morgan fingerprint density at radius 3 is 2.68 bits per heavy atom. The second-order valence-corrected chi connectivity index (χ2v) is 6.60. The fraction of sp³-hybridized carbons (Fsp3) is 0.462. The molecule has 9 heteroatoms. The van der Waals surface area contributed by atoms with Crippen molar-refractivity contribution in [3.8, 4) is 0 Å². The number of aliphatic imine (C=N–C) groups is 1. The molecule has 0 radical (unpaired) electrons. The summed E-state index contributed by atoms with van der Waals surface area (Å²) in [4.78, 5) is 4.16. The first-order valence-electron chi connectivity index (χ1n) is 6.68. The van der Waals surface area contributed by atoms with Crippen LogP contribution in [0.5, 0.6) is 0 Å². The Bertz CT molecular complexity index is 581. The van der Waals surface area contributed by atoms with E-state index in [1.807, 2.05) is 31.2 Å². The number of hydrogen-bond acceptors (Lipinski definition) is 3. The first-order valence-corrected chi connectivity index (χ1v) is 8.77. The predicted molar refractivity (Wildman–Crippen MR) is 103 cm³/mol. The van der Waals surface area contributed by atoms with Crippen molar-refractivity contribution in [1.82, 2.24) is 10.6 Å². The highest BCUT2D eigenvalue weighted by molar-refractivity contribution is 14.0. The van der Waals surface area contributed by atoms with E-state index in [0.29, 0.717) is 24.1 Å². The minimum Gasteiger partial charge on any atom is -0.357 e. The molecule has 0 atom stereocenters. The predicted octanol–water partition coefficient (Wildman–Crippen LogP) is 1.34. The Labute approximate surface area is 154 Å². The first kappa shape index (κ1) is 21.4. The van der Waals surface area contributed by atoms with Gasteiger partial charge in [-0.3, -0.25) is 4.99 Å². The molecule has 0 heterocycles. The summed E-state index contributed by atoms with van der Waals surface area (Å²) in [6.45, 7) is 3.43. The number of hydrogen-bond donors (Lipinski definition) is 3. The standard InChI is InChI=1S/C13H21ClN4O2S.HI/c1-2-16-13(18-8-9-21(15,19)20)17-7-6-11-4-3-5-12(14)10-11;/h3-5,10H,2,6-9H2,1H3,(H2,15,19,20)(H2,16,17,18);1H. The zero-order valence-corrected chi connectivity index (χ0v) is 16.3. The SMILES string of the molecule is CCNC(=NCCS(N)(=O)=O)NCCc1cccc(Cl)c1.I. The van der Waals surface area contributed by atoms with Gasteiger partial charge in [-0.05, 0) is 31.0 Å². The molecule has 1 aromatic carbocycles. The van der Waals surface area contributed by atoms with Crippen LogP contribution in [0.25, 0.3) is 0 Å². The van der Waals surface area contributed by atoms with E-state index in [4.69, 9.17) is 16.7 Å². The van der Waals surface area contributed by atoms with Crippen molar-refractivity contribution in [2.45, 2.75) is 13.3 Å². The van der Waals surface area contributed by atoms with E-state index in [1.165, 1.54) is 0 Å². The molecule has 4 N–H and O–H groups in total. The molecule has 0 unspecified atom stereocenters. The summed E-state index contributed by atoms with van der Waals surface area (Å²) < 4.78 is 21.7. The van der Waals surface area contributed by atoms with Crippen LogP contribution in [0.2, 0.25) is 5.02 Å². The molecular formula is C13H22ClIN4O2S. The van der Waals surface area contributed by atoms with Gasteiger partial charge in [0.05, 0.1) is 12.3 Å². The summed E-state index contributed by atoms with van der Waals surface area (Å²) in [6.07, 6.45) is 0.792. The first-order chi connectivity index (χ1) is 9.90. The van der Waals surface area contributed by atoms with E-state index in [0.717, 1.165) is 12.0 Å². The third kappa shape index (κ3) is 10.2. The molecule has 0 aliphatic heterocycles. The number of primary sulfonamides is 1. The molecular weight excluding hydrogens is 439 g/mol. The quantitative estimate of drug-likeness (QED) is 0.325. The minimum atomic E-state index is -3.48. The van der Waals surface area contributed by atoms with Crippen molar-refractivity contribution < 1.29 is 8.42 Å². The van der Waals surface area contributed by atoms with Crippen LogP contribution in [-0.4, -0.2) is 39.8 Å². The van der Waals surface area contributed by atoms with Gasteiger partial charge in [0.25, 0.3) is 0 Å². The number of nitrogens with zero attached hydrogens (tertiary/aromatic N) is 1. The van der Waals surface area contributed by atoms with Gasteiger partial charge in [0.15, 0.2) is 5.96 Å². The Kier molecular flexibility index (Phi) is 10.7. The van der Waals surface area contributed by atoms with Crippen molar-refractivity contribution in [2.24, 2.45) is 10.1 Å². The molecule has 0 bridgehead atoms. The monoisotopic (exact) mass is 460 g/mol. The lowest BCUT2D eigenvalue weighted by Crippen LogP contribution is -2.38. The molecule has 0 amide bonds. The van der Waals surface area contributed by atoms with Gasteiger partial charge in [-0.25, -0.2) is 13.6 Å². The maximum Gasteiger partial charge on any atom is 0.210 e. The fourth-order valence-electron chi connectivity index (χ4n) is 1.64. The molecule has 0 saturated heterocycles. The maximum absolute atomic E-state index is 10.9. The van der Waals surface area contributed by atoms with Gasteiger partial charge in [0.1, 0.15) is 0 Å². The summed E-state index contributed by atoms with van der Waals surface area (Å²) in [5, 5.41) is 11.8. The Balaban J connectivity index is 0.00000441. The molecule has 0 aliphatic rings. The molecule has 0 fully saturated rings. The van der Waals surface area contributed by atoms with E-state index in [1.54, 1.807) is 0 Å². The molecule has 0 spiro atoms. The van der Waals surface area contributed by atoms with Gasteiger partial charge >= 0.3 is 0 Å². The highest BCUT2D eigenvalue weighted by Gasteiger charge is 2.02. The topological polar surface area (TPSA) is 96.6 Å². The molecule has 0 aliphatic carbocycles. The molecule has 0 saturated carbocycles. The van der Waals surface area contributed by atoms with Crippen LogP contribution in [0.15, 0.2) is 29.3 Å². The van der Waals surface area contributed by atoms with Crippen molar-refractivity contribution in [3.63, 3.8) is 0 Å². The van der Waals surface area contributed by atoms with Crippen LogP contribution in [0.4, 0.5) is 0 Å². The second-order valence-electron chi connectivity index (χ2n) is 4.43. The summed E-state index contributed by atoms with van der Waals surface area (Å²) >= 11 is 5.92. The van der Waals surface area contributed by atoms with Crippen molar-refractivity contribution in [2.75, 3.05) is 25.4 Å². The molecule has 126 valence electrons. The lowest BCUT2D eigenvalue weighted by atomic mass is 10.1. The van der Waals surface area contributed by atoms with Gasteiger partial charge in [0.2, 0.25) is 10.0 Å². The highest BCUT2D eigenvalue weighted by atomic mass is 127. The average molecular weight is 461 g/mol. The number of benzene rings is 1. The van der Waals surface area contributed by atoms with Crippen LogP contribution < -0.4 is 15.8 Å². The van der Waals surface area contributed by atoms with Crippen LogP contribution in [0.1, 0.15) is 12.5 Å². The van der Waals surface area contributed by atoms with E-state index in [9.17, 15) is 8.42 Å². The van der Waals surface area contributed by atoms with Crippen LogP contribution >= 0.6 is 35.6 Å². The van der Waals surface area contributed by atoms with Gasteiger partial charge < -0.3 is 10.6 Å². The van der Waals surface area contributed by atoms with Crippen molar-refractivity contribution in [3.05, 3.63) is 34.9 Å². The number of rotatable bonds is 7. The Morgan fingerprint density at radius 2 is 2.09 bits per heavy atom. The van der Waals surface area contributed by atoms with E-state index < -0.39 is 10.0 Å². The Morgan fingerprint density at radius 1 is 1.36 bits per heavy atom. The molecule has 22 heavy (non-hydrogen) atoms. The third-order valence-corrected chi connectivity index (χ3v) is 3.57. The number of nitrogens with two attached hydrogens (primary N) is 1. The summed E-state index contributed by atoms with van der Waals surface area (Å²) in [6, 6.07) is 7.65. The normalized spacial score (nSPS) is 11.7. The molecule has 1 rings (SSSR count). The van der Waals surface area contributed by atoms with Gasteiger partial charge in [-0.1, -0.05) is 23.7 Å². The minimum absolute atomic E-state index is 0. The maximum atomic E-state index is 10.9. The van der Waals surface area contributed by atoms with E-state index in [2.05, 4.69) is 15.6 Å². The van der Waals surface area contributed by atoms with Gasteiger partial charge in [-0.2, -0.15) is 0 Å². The lowest BCUT2D eigenvalue weighted by molar-refractivity contribution is 0.597. The largest absolute Gasteiger partial charge is 0.357 e. The number of sulfonamides is 1. The molecule has 0 aromatic heterocycles. The zero-order chi connectivity index (χ0) is 15.7. The molecule has 1 aromatic rings. The average Bonchev–Trinajstić information content (AvgIpc) is 2.37. The van der Waals surface area contributed by atoms with Gasteiger partial charge in [-0.15, -0.1) is 24.0 Å². The number of nitrogens with one attached hydrogen (secondary N) is 2. The smallest absolute Gasteiger partial charge is 0.210 e. The van der Waals surface area contributed by atoms with E-state index in [-0.39, 0.29) is 36.3 Å². The van der Waals surface area contributed by atoms with Crippen molar-refractivity contribution >= 4 is 51.6 Å². The fourth-order valence-corrected chi connectivity index (χ4v) is 2.20. The third-order valence-electron chi connectivity index (χ3n) is 2.59. The second kappa shape index (κ2) is 11.0. The molecule has 6 nitrogen and oxygen atoms in total. The Hall–Kier alpha value is -0.580. The lowest BCUT2D eigenvalue weighted by Gasteiger charge is -2.11. The summed E-state index contributed by atoms with van der Waals surface area (Å²) in [5.41, 5.74) is 1.12. The van der Waals surface area contributed by atoms with Crippen molar-refractivity contribution in [1.29, 1.82) is 0 Å². The van der Waals surface area contributed by atoms with Gasteiger partial charge in [0, 0.05) is 18.1 Å².